The van der Waals surface area contributed by atoms with E-state index in [9.17, 15) is 0 Å². The number of benzene rings is 2. The van der Waals surface area contributed by atoms with Gasteiger partial charge in [0.05, 0.1) is 0 Å². The van der Waals surface area contributed by atoms with Crippen molar-refractivity contribution in [2.45, 2.75) is 12.1 Å². The number of thioether (sulfide) groups is 1. The number of aryl methyl sites for hydroxylation is 1. The van der Waals surface area contributed by atoms with Gasteiger partial charge in [-0.25, -0.2) is 0 Å². The lowest BCUT2D eigenvalue weighted by Crippen LogP contribution is -2.04. The van der Waals surface area contributed by atoms with Gasteiger partial charge in [-0.05, 0) is 24.0 Å². The monoisotopic (exact) mass is 322 g/mol. The summed E-state index contributed by atoms with van der Waals surface area (Å²) < 4.78 is 1.47. The maximum atomic E-state index is 5.95. The number of fused-ring (bicyclic) bond motifs is 2. The predicted molar refractivity (Wildman–Crippen MR) is 92.4 cm³/mol. The Morgan fingerprint density at radius 2 is 1.96 bits per heavy atom. The lowest BCUT2D eigenvalue weighted by atomic mass is 10.0. The molecule has 0 amide bonds. The van der Waals surface area contributed by atoms with Crippen LogP contribution >= 0.6 is 11.8 Å². The highest BCUT2D eigenvalue weighted by Crippen LogP contribution is 2.27. The number of nitrogens with two attached hydrogens (primary N) is 1. The Morgan fingerprint density at radius 1 is 1.09 bits per heavy atom. The molecule has 4 rings (SSSR count). The van der Waals surface area contributed by atoms with E-state index < -0.39 is 0 Å². The van der Waals surface area contributed by atoms with Gasteiger partial charge < -0.3 is 5.73 Å². The Bertz CT molecular complexity index is 1040. The second-order valence-corrected chi connectivity index (χ2v) is 6.02. The Morgan fingerprint density at radius 3 is 2.78 bits per heavy atom. The molecule has 0 radical (unpaired) electrons. The minimum absolute atomic E-state index is 0.286. The normalized spacial score (nSPS) is 11.4. The van der Waals surface area contributed by atoms with Gasteiger partial charge in [0.25, 0.3) is 5.78 Å². The number of hydrogen-bond acceptors (Lipinski definition) is 6. The average molecular weight is 322 g/mol. The molecule has 0 unspecified atom stereocenters. The number of nitrogens with zero attached hydrogens (tertiary/aromatic N) is 5. The van der Waals surface area contributed by atoms with Gasteiger partial charge in [-0.2, -0.15) is 19.5 Å². The fourth-order valence-electron chi connectivity index (χ4n) is 2.59. The Kier molecular flexibility index (Phi) is 3.16. The Hall–Kier alpha value is -2.67. The van der Waals surface area contributed by atoms with Gasteiger partial charge in [-0.1, -0.05) is 53.7 Å². The van der Waals surface area contributed by atoms with E-state index in [1.807, 2.05) is 18.4 Å². The van der Waals surface area contributed by atoms with Crippen LogP contribution in [0.5, 0.6) is 0 Å². The average Bonchev–Trinajstić information content (AvgIpc) is 2.98. The van der Waals surface area contributed by atoms with Crippen molar-refractivity contribution in [3.63, 3.8) is 0 Å². The Balaban J connectivity index is 1.97. The predicted octanol–water partition coefficient (Wildman–Crippen LogP) is 2.95. The second-order valence-electron chi connectivity index (χ2n) is 5.25. The fourth-order valence-corrected chi connectivity index (χ4v) is 2.95. The van der Waals surface area contributed by atoms with Crippen LogP contribution in [0.1, 0.15) is 5.56 Å². The zero-order valence-electron chi connectivity index (χ0n) is 12.7. The third-order valence-corrected chi connectivity index (χ3v) is 4.22. The van der Waals surface area contributed by atoms with Gasteiger partial charge in [0, 0.05) is 5.56 Å². The van der Waals surface area contributed by atoms with Crippen molar-refractivity contribution >= 4 is 34.3 Å². The molecular formula is C16H14N6S. The maximum absolute atomic E-state index is 5.95. The highest BCUT2D eigenvalue weighted by atomic mass is 32.2. The van der Waals surface area contributed by atoms with E-state index in [4.69, 9.17) is 5.73 Å². The molecule has 0 spiro atoms. The minimum atomic E-state index is 0.286. The fraction of sp³-hybridized carbons (Fsp3) is 0.125. The van der Waals surface area contributed by atoms with E-state index in [2.05, 4.69) is 51.2 Å². The summed E-state index contributed by atoms with van der Waals surface area (Å²) >= 11 is 1.42. The molecule has 2 heterocycles. The molecular weight excluding hydrogens is 308 g/mol. The van der Waals surface area contributed by atoms with Crippen molar-refractivity contribution in [1.82, 2.24) is 24.6 Å². The summed E-state index contributed by atoms with van der Waals surface area (Å²) in [6.45, 7) is 2.08. The lowest BCUT2D eigenvalue weighted by Gasteiger charge is -2.03. The second kappa shape index (κ2) is 5.20. The first kappa shape index (κ1) is 14.0. The number of aromatic nitrogens is 5. The molecule has 0 aliphatic carbocycles. The van der Waals surface area contributed by atoms with E-state index in [1.54, 1.807) is 0 Å². The van der Waals surface area contributed by atoms with Crippen LogP contribution in [-0.2, 0) is 0 Å². The number of nitrogen functional groups attached to an aromatic ring is 1. The van der Waals surface area contributed by atoms with Gasteiger partial charge in [-0.3, -0.25) is 0 Å². The van der Waals surface area contributed by atoms with Crippen molar-refractivity contribution in [2.75, 3.05) is 12.0 Å². The van der Waals surface area contributed by atoms with E-state index in [1.165, 1.54) is 21.8 Å². The molecule has 0 aliphatic heterocycles. The smallest absolute Gasteiger partial charge is 0.258 e. The summed E-state index contributed by atoms with van der Waals surface area (Å²) in [4.78, 5) is 13.1. The quantitative estimate of drug-likeness (QED) is 0.571. The topological polar surface area (TPSA) is 82.0 Å². The van der Waals surface area contributed by atoms with Crippen LogP contribution in [0.3, 0.4) is 0 Å². The first-order valence-corrected chi connectivity index (χ1v) is 8.32. The minimum Gasteiger partial charge on any atom is -0.368 e. The molecule has 2 aromatic heterocycles. The van der Waals surface area contributed by atoms with Gasteiger partial charge in [0.2, 0.25) is 5.95 Å². The summed E-state index contributed by atoms with van der Waals surface area (Å²) in [5.74, 6) is 1.34. The maximum Gasteiger partial charge on any atom is 0.258 e. The van der Waals surface area contributed by atoms with Crippen LogP contribution < -0.4 is 5.73 Å². The summed E-state index contributed by atoms with van der Waals surface area (Å²) in [5, 5.41) is 7.32. The lowest BCUT2D eigenvalue weighted by molar-refractivity contribution is 0.851. The van der Waals surface area contributed by atoms with E-state index in [-0.39, 0.29) is 5.95 Å². The van der Waals surface area contributed by atoms with Crippen LogP contribution in [0, 0.1) is 6.92 Å². The molecule has 23 heavy (non-hydrogen) atoms. The van der Waals surface area contributed by atoms with E-state index >= 15 is 0 Å². The van der Waals surface area contributed by atoms with Gasteiger partial charge in [0.1, 0.15) is 0 Å². The molecule has 0 saturated heterocycles. The van der Waals surface area contributed by atoms with Gasteiger partial charge in [0.15, 0.2) is 11.0 Å². The largest absolute Gasteiger partial charge is 0.368 e. The SMILES string of the molecule is CSc1nc(N)n2nc(-c3cccc4cc(C)ccc34)nc2n1. The van der Waals surface area contributed by atoms with Crippen LogP contribution in [0.25, 0.3) is 27.9 Å². The first-order chi connectivity index (χ1) is 11.2. The molecule has 7 heteroatoms. The van der Waals surface area contributed by atoms with E-state index in [0.29, 0.717) is 16.8 Å². The van der Waals surface area contributed by atoms with Gasteiger partial charge >= 0.3 is 0 Å². The summed E-state index contributed by atoms with van der Waals surface area (Å²) in [6.07, 6.45) is 1.90. The van der Waals surface area contributed by atoms with Crippen LogP contribution in [-0.4, -0.2) is 30.8 Å². The molecule has 0 atom stereocenters. The molecule has 2 aromatic carbocycles. The van der Waals surface area contributed by atoms with Crippen molar-refractivity contribution in [3.8, 4) is 11.4 Å². The Labute approximate surface area is 136 Å². The highest BCUT2D eigenvalue weighted by Gasteiger charge is 2.13. The third-order valence-electron chi connectivity index (χ3n) is 3.67. The zero-order valence-corrected chi connectivity index (χ0v) is 13.5. The number of rotatable bonds is 2. The van der Waals surface area contributed by atoms with Crippen LogP contribution in [0.4, 0.5) is 5.95 Å². The zero-order chi connectivity index (χ0) is 16.0. The molecule has 2 N–H and O–H groups in total. The molecule has 6 nitrogen and oxygen atoms in total. The van der Waals surface area contributed by atoms with Crippen LogP contribution in [0.2, 0.25) is 0 Å². The molecule has 0 fully saturated rings. The number of hydrogen-bond donors (Lipinski definition) is 1. The molecule has 114 valence electrons. The van der Waals surface area contributed by atoms with Gasteiger partial charge in [-0.15, -0.1) is 5.10 Å². The van der Waals surface area contributed by atoms with Crippen molar-refractivity contribution < 1.29 is 0 Å². The first-order valence-electron chi connectivity index (χ1n) is 7.10. The third kappa shape index (κ3) is 2.29. The standard InChI is InChI=1S/C16H14N6S/c1-9-6-7-11-10(8-9)4-3-5-12(11)13-18-15-20-16(23-2)19-14(17)22(15)21-13/h3-8H,1-2H3,(H2,17,18,19,20,21). The van der Waals surface area contributed by atoms with Crippen LogP contribution in [0.15, 0.2) is 41.6 Å². The van der Waals surface area contributed by atoms with E-state index in [0.717, 1.165) is 16.3 Å². The van der Waals surface area contributed by atoms with Crippen molar-refractivity contribution in [2.24, 2.45) is 0 Å². The molecule has 0 saturated carbocycles. The van der Waals surface area contributed by atoms with Crippen molar-refractivity contribution in [3.05, 3.63) is 42.0 Å². The molecule has 0 aliphatic rings. The molecule has 4 aromatic rings. The summed E-state index contributed by atoms with van der Waals surface area (Å²) in [6, 6.07) is 12.4. The number of anilines is 1. The summed E-state index contributed by atoms with van der Waals surface area (Å²) in [7, 11) is 0. The van der Waals surface area contributed by atoms with Crippen molar-refractivity contribution in [1.29, 1.82) is 0 Å². The molecule has 0 bridgehead atoms. The highest BCUT2D eigenvalue weighted by molar-refractivity contribution is 7.98. The summed E-state index contributed by atoms with van der Waals surface area (Å²) in [5.41, 5.74) is 8.13.